The Morgan fingerprint density at radius 3 is 2.89 bits per heavy atom. The Kier molecular flexibility index (Phi) is 1.46. The Bertz CT molecular complexity index is 247. The van der Waals surface area contributed by atoms with Gasteiger partial charge in [0.05, 0.1) is 11.9 Å². The molecule has 1 heterocycles. The van der Waals surface area contributed by atoms with Crippen molar-refractivity contribution in [1.29, 1.82) is 0 Å². The summed E-state index contributed by atoms with van der Waals surface area (Å²) in [7, 11) is 0. The Hall–Kier alpha value is -1.36. The lowest BCUT2D eigenvalue weighted by Crippen LogP contribution is -1.85. The third kappa shape index (κ3) is 1.26. The van der Waals surface area contributed by atoms with Crippen LogP contribution in [-0.4, -0.2) is 10.2 Å². The molecule has 0 aromatic carbocycles. The molecular formula is C7H6N2. The van der Waals surface area contributed by atoms with Crippen molar-refractivity contribution in [2.45, 2.75) is 6.92 Å². The monoisotopic (exact) mass is 118 g/mol. The third-order valence-corrected chi connectivity index (χ3v) is 0.943. The van der Waals surface area contributed by atoms with Crippen molar-refractivity contribution in [3.8, 4) is 12.3 Å². The summed E-state index contributed by atoms with van der Waals surface area (Å²) in [6.07, 6.45) is 6.66. The van der Waals surface area contributed by atoms with Crippen LogP contribution < -0.4 is 0 Å². The van der Waals surface area contributed by atoms with E-state index in [1.54, 1.807) is 6.20 Å². The van der Waals surface area contributed by atoms with Gasteiger partial charge in [-0.3, -0.25) is 0 Å². The van der Waals surface area contributed by atoms with Crippen LogP contribution in [0, 0.1) is 19.3 Å². The van der Waals surface area contributed by atoms with Gasteiger partial charge in [-0.05, 0) is 13.0 Å². The molecule has 0 N–H and O–H groups in total. The zero-order valence-electron chi connectivity index (χ0n) is 5.13. The van der Waals surface area contributed by atoms with Gasteiger partial charge in [0.2, 0.25) is 0 Å². The summed E-state index contributed by atoms with van der Waals surface area (Å²) in [6, 6.07) is 1.81. The summed E-state index contributed by atoms with van der Waals surface area (Å²) in [5.74, 6) is 2.47. The van der Waals surface area contributed by atoms with Crippen LogP contribution in [0.1, 0.15) is 11.3 Å². The highest BCUT2D eigenvalue weighted by molar-refractivity contribution is 5.28. The van der Waals surface area contributed by atoms with Gasteiger partial charge in [0.1, 0.15) is 0 Å². The fourth-order valence-electron chi connectivity index (χ4n) is 0.552. The predicted octanol–water partition coefficient (Wildman–Crippen LogP) is 0.766. The highest BCUT2D eigenvalue weighted by atomic mass is 15.1. The molecule has 2 heteroatoms. The first-order chi connectivity index (χ1) is 4.33. The van der Waals surface area contributed by atoms with Gasteiger partial charge in [-0.15, -0.1) is 6.42 Å². The maximum absolute atomic E-state index is 5.10. The van der Waals surface area contributed by atoms with E-state index >= 15 is 0 Å². The maximum Gasteiger partial charge on any atom is 0.0652 e. The molecule has 0 fully saturated rings. The first-order valence-electron chi connectivity index (χ1n) is 2.59. The van der Waals surface area contributed by atoms with E-state index in [9.17, 15) is 0 Å². The Morgan fingerprint density at radius 2 is 2.44 bits per heavy atom. The lowest BCUT2D eigenvalue weighted by molar-refractivity contribution is 0.976. The molecule has 0 radical (unpaired) electrons. The first-order valence-corrected chi connectivity index (χ1v) is 2.59. The summed E-state index contributed by atoms with van der Waals surface area (Å²) in [4.78, 5) is 0. The largest absolute Gasteiger partial charge is 0.158 e. The molecular weight excluding hydrogens is 112 g/mol. The van der Waals surface area contributed by atoms with E-state index in [0.717, 1.165) is 11.3 Å². The van der Waals surface area contributed by atoms with Crippen molar-refractivity contribution in [3.05, 3.63) is 23.5 Å². The SMILES string of the molecule is C#Cc1cnnc(C)c1. The topological polar surface area (TPSA) is 25.8 Å². The fourth-order valence-corrected chi connectivity index (χ4v) is 0.552. The smallest absolute Gasteiger partial charge is 0.0652 e. The van der Waals surface area contributed by atoms with Crippen LogP contribution >= 0.6 is 0 Å². The number of aromatic nitrogens is 2. The van der Waals surface area contributed by atoms with E-state index in [1.807, 2.05) is 13.0 Å². The molecule has 0 spiro atoms. The standard InChI is InChI=1S/C7H6N2/c1-3-7-4-6(2)9-8-5-7/h1,4-5H,2H3. The molecule has 9 heavy (non-hydrogen) atoms. The lowest BCUT2D eigenvalue weighted by Gasteiger charge is -1.88. The van der Waals surface area contributed by atoms with Crippen LogP contribution in [0.2, 0.25) is 0 Å². The van der Waals surface area contributed by atoms with Crippen LogP contribution in [0.25, 0.3) is 0 Å². The average molecular weight is 118 g/mol. The van der Waals surface area contributed by atoms with Gasteiger partial charge in [-0.1, -0.05) is 5.92 Å². The van der Waals surface area contributed by atoms with Crippen molar-refractivity contribution < 1.29 is 0 Å². The zero-order valence-corrected chi connectivity index (χ0v) is 5.13. The van der Waals surface area contributed by atoms with E-state index in [0.29, 0.717) is 0 Å². The van der Waals surface area contributed by atoms with Crippen LogP contribution in [0.5, 0.6) is 0 Å². The third-order valence-electron chi connectivity index (χ3n) is 0.943. The Labute approximate surface area is 53.9 Å². The molecule has 0 bridgehead atoms. The fraction of sp³-hybridized carbons (Fsp3) is 0.143. The number of aryl methyl sites for hydroxylation is 1. The molecule has 1 rings (SSSR count). The van der Waals surface area contributed by atoms with Crippen LogP contribution in [0.3, 0.4) is 0 Å². The number of rotatable bonds is 0. The zero-order chi connectivity index (χ0) is 6.69. The summed E-state index contributed by atoms with van der Waals surface area (Å²) in [6.45, 7) is 1.86. The molecule has 0 saturated heterocycles. The minimum atomic E-state index is 0.780. The Morgan fingerprint density at radius 1 is 1.67 bits per heavy atom. The number of nitrogens with zero attached hydrogens (tertiary/aromatic N) is 2. The molecule has 0 aliphatic rings. The molecule has 0 aliphatic heterocycles. The molecule has 0 amide bonds. The van der Waals surface area contributed by atoms with Gasteiger partial charge in [-0.2, -0.15) is 10.2 Å². The van der Waals surface area contributed by atoms with E-state index in [-0.39, 0.29) is 0 Å². The summed E-state index contributed by atoms with van der Waals surface area (Å²) in [5.41, 5.74) is 1.63. The second-order valence-corrected chi connectivity index (χ2v) is 1.73. The first kappa shape index (κ1) is 5.77. The van der Waals surface area contributed by atoms with Crippen molar-refractivity contribution in [1.82, 2.24) is 10.2 Å². The van der Waals surface area contributed by atoms with E-state index in [4.69, 9.17) is 6.42 Å². The van der Waals surface area contributed by atoms with E-state index in [2.05, 4.69) is 16.1 Å². The van der Waals surface area contributed by atoms with Crippen LogP contribution in [-0.2, 0) is 0 Å². The molecule has 44 valence electrons. The summed E-state index contributed by atoms with van der Waals surface area (Å²) < 4.78 is 0. The molecule has 1 aromatic heterocycles. The minimum absolute atomic E-state index is 0.780. The normalized spacial score (nSPS) is 8.44. The second kappa shape index (κ2) is 2.27. The number of hydrogen-bond acceptors (Lipinski definition) is 2. The number of terminal acetylenes is 1. The van der Waals surface area contributed by atoms with Gasteiger partial charge in [0.25, 0.3) is 0 Å². The Balaban J connectivity index is 3.12. The van der Waals surface area contributed by atoms with Crippen molar-refractivity contribution in [3.63, 3.8) is 0 Å². The van der Waals surface area contributed by atoms with Crippen LogP contribution in [0.15, 0.2) is 12.3 Å². The predicted molar refractivity (Wildman–Crippen MR) is 34.7 cm³/mol. The quantitative estimate of drug-likeness (QED) is 0.470. The molecule has 0 aliphatic carbocycles. The minimum Gasteiger partial charge on any atom is -0.158 e. The molecule has 0 atom stereocenters. The van der Waals surface area contributed by atoms with Crippen molar-refractivity contribution in [2.75, 3.05) is 0 Å². The van der Waals surface area contributed by atoms with Crippen LogP contribution in [0.4, 0.5) is 0 Å². The van der Waals surface area contributed by atoms with Gasteiger partial charge in [0.15, 0.2) is 0 Å². The average Bonchev–Trinajstić information content (AvgIpc) is 1.88. The lowest BCUT2D eigenvalue weighted by atomic mass is 10.3. The molecule has 0 saturated carbocycles. The van der Waals surface area contributed by atoms with E-state index < -0.39 is 0 Å². The second-order valence-electron chi connectivity index (χ2n) is 1.73. The summed E-state index contributed by atoms with van der Waals surface area (Å²) >= 11 is 0. The van der Waals surface area contributed by atoms with Crippen molar-refractivity contribution in [2.24, 2.45) is 0 Å². The van der Waals surface area contributed by atoms with Gasteiger partial charge >= 0.3 is 0 Å². The maximum atomic E-state index is 5.10. The highest BCUT2D eigenvalue weighted by Gasteiger charge is 1.86. The molecule has 1 aromatic rings. The summed E-state index contributed by atoms with van der Waals surface area (Å²) in [5, 5.41) is 7.40. The van der Waals surface area contributed by atoms with E-state index in [1.165, 1.54) is 0 Å². The van der Waals surface area contributed by atoms with Gasteiger partial charge < -0.3 is 0 Å². The van der Waals surface area contributed by atoms with Crippen molar-refractivity contribution >= 4 is 0 Å². The van der Waals surface area contributed by atoms with Gasteiger partial charge in [0, 0.05) is 5.56 Å². The van der Waals surface area contributed by atoms with Gasteiger partial charge in [-0.25, -0.2) is 0 Å². The molecule has 0 unspecified atom stereocenters. The molecule has 2 nitrogen and oxygen atoms in total. The number of hydrogen-bond donors (Lipinski definition) is 0. The highest BCUT2D eigenvalue weighted by Crippen LogP contribution is 1.93.